The molecule has 0 radical (unpaired) electrons. The molecule has 2 heteroatoms. The zero-order valence-electron chi connectivity index (χ0n) is 11.5. The van der Waals surface area contributed by atoms with Gasteiger partial charge in [0.1, 0.15) is 0 Å². The third-order valence-electron chi connectivity index (χ3n) is 3.67. The highest BCUT2D eigenvalue weighted by Crippen LogP contribution is 2.26. The van der Waals surface area contributed by atoms with Crippen molar-refractivity contribution in [1.29, 1.82) is 0 Å². The second-order valence-electron chi connectivity index (χ2n) is 5.04. The molecule has 1 rings (SSSR count). The van der Waals surface area contributed by atoms with E-state index in [-0.39, 0.29) is 0 Å². The molecule has 1 saturated heterocycles. The van der Waals surface area contributed by atoms with Crippen LogP contribution < -0.4 is 0 Å². The first-order chi connectivity index (χ1) is 8.19. The molecule has 0 aliphatic carbocycles. The first-order valence-corrected chi connectivity index (χ1v) is 6.71. The van der Waals surface area contributed by atoms with Crippen LogP contribution >= 0.6 is 0 Å². The van der Waals surface area contributed by atoms with Gasteiger partial charge in [0, 0.05) is 12.2 Å². The van der Waals surface area contributed by atoms with Gasteiger partial charge < -0.3 is 4.90 Å². The summed E-state index contributed by atoms with van der Waals surface area (Å²) < 4.78 is 0. The van der Waals surface area contributed by atoms with E-state index >= 15 is 0 Å². The minimum atomic E-state index is 0.674. The van der Waals surface area contributed by atoms with Gasteiger partial charge >= 0.3 is 0 Å². The van der Waals surface area contributed by atoms with Crippen LogP contribution in [0.2, 0.25) is 0 Å². The molecule has 1 aliphatic heterocycles. The quantitative estimate of drug-likeness (QED) is 0.535. The Bertz CT molecular complexity index is 289. The highest BCUT2D eigenvalue weighted by atomic mass is 15.1. The zero-order chi connectivity index (χ0) is 12.7. The SMILES string of the molecule is C=N/C=C\C(=C/C)C1CCCN(C(C)C)CC1. The summed E-state index contributed by atoms with van der Waals surface area (Å²) in [4.78, 5) is 6.39. The molecular weight excluding hydrogens is 208 g/mol. The number of aliphatic imine (C=N–C) groups is 1. The topological polar surface area (TPSA) is 15.6 Å². The van der Waals surface area contributed by atoms with Crippen LogP contribution in [0.15, 0.2) is 28.9 Å². The lowest BCUT2D eigenvalue weighted by Crippen LogP contribution is -2.31. The number of hydrogen-bond acceptors (Lipinski definition) is 2. The molecule has 0 aromatic carbocycles. The van der Waals surface area contributed by atoms with Gasteiger partial charge in [-0.1, -0.05) is 6.08 Å². The van der Waals surface area contributed by atoms with Crippen LogP contribution in [0.1, 0.15) is 40.0 Å². The maximum Gasteiger partial charge on any atom is 0.0263 e. The number of nitrogens with zero attached hydrogens (tertiary/aromatic N) is 2. The fourth-order valence-electron chi connectivity index (χ4n) is 2.58. The van der Waals surface area contributed by atoms with Crippen molar-refractivity contribution in [2.24, 2.45) is 10.9 Å². The van der Waals surface area contributed by atoms with Crippen molar-refractivity contribution in [1.82, 2.24) is 4.90 Å². The molecular formula is C15H26N2. The molecule has 0 spiro atoms. The summed E-state index contributed by atoms with van der Waals surface area (Å²) in [5, 5.41) is 0. The summed E-state index contributed by atoms with van der Waals surface area (Å²) in [5.41, 5.74) is 1.42. The van der Waals surface area contributed by atoms with Gasteiger partial charge in [-0.2, -0.15) is 0 Å². The average Bonchev–Trinajstić information content (AvgIpc) is 2.56. The molecule has 0 aromatic heterocycles. The Balaban J connectivity index is 2.61. The molecule has 1 heterocycles. The van der Waals surface area contributed by atoms with Crippen LogP contribution in [-0.4, -0.2) is 30.7 Å². The second kappa shape index (κ2) is 7.44. The van der Waals surface area contributed by atoms with Gasteiger partial charge in [0.2, 0.25) is 0 Å². The Morgan fingerprint density at radius 3 is 2.71 bits per heavy atom. The van der Waals surface area contributed by atoms with Crippen molar-refractivity contribution >= 4 is 6.72 Å². The zero-order valence-corrected chi connectivity index (χ0v) is 11.5. The lowest BCUT2D eigenvalue weighted by atomic mass is 9.91. The van der Waals surface area contributed by atoms with Crippen molar-refractivity contribution in [2.75, 3.05) is 13.1 Å². The lowest BCUT2D eigenvalue weighted by molar-refractivity contribution is 0.229. The standard InChI is InChI=1S/C15H26N2/c1-5-14(8-10-16-4)15-7-6-11-17(12-9-15)13(2)3/h5,8,10,13,15H,4,6-7,9,11-12H2,1-3H3/b10-8-,14-5+. The third kappa shape index (κ3) is 4.47. The summed E-state index contributed by atoms with van der Waals surface area (Å²) >= 11 is 0. The van der Waals surface area contributed by atoms with E-state index in [1.807, 2.05) is 0 Å². The molecule has 0 saturated carbocycles. The molecule has 1 fully saturated rings. The Morgan fingerprint density at radius 2 is 2.12 bits per heavy atom. The molecule has 17 heavy (non-hydrogen) atoms. The van der Waals surface area contributed by atoms with Gasteiger partial charge in [0.05, 0.1) is 0 Å². The monoisotopic (exact) mass is 234 g/mol. The highest BCUT2D eigenvalue weighted by molar-refractivity contribution is 5.28. The van der Waals surface area contributed by atoms with E-state index in [1.165, 1.54) is 37.9 Å². The Hall–Kier alpha value is -0.890. The summed E-state index contributed by atoms with van der Waals surface area (Å²) in [6.07, 6.45) is 10.00. The maximum absolute atomic E-state index is 3.80. The molecule has 1 aliphatic rings. The van der Waals surface area contributed by atoms with Crippen LogP contribution in [0, 0.1) is 5.92 Å². The van der Waals surface area contributed by atoms with Crippen molar-refractivity contribution in [3.63, 3.8) is 0 Å². The van der Waals surface area contributed by atoms with E-state index in [9.17, 15) is 0 Å². The van der Waals surface area contributed by atoms with Gasteiger partial charge in [-0.05, 0) is 77.4 Å². The minimum Gasteiger partial charge on any atom is -0.301 e. The van der Waals surface area contributed by atoms with Crippen molar-refractivity contribution in [3.05, 3.63) is 23.9 Å². The number of allylic oxidation sites excluding steroid dienone is 3. The molecule has 0 aromatic rings. The lowest BCUT2D eigenvalue weighted by Gasteiger charge is -2.24. The van der Waals surface area contributed by atoms with E-state index < -0.39 is 0 Å². The summed E-state index contributed by atoms with van der Waals surface area (Å²) in [5.74, 6) is 0.696. The molecule has 2 nitrogen and oxygen atoms in total. The highest BCUT2D eigenvalue weighted by Gasteiger charge is 2.19. The molecule has 0 amide bonds. The summed E-state index contributed by atoms with van der Waals surface area (Å²) in [6.45, 7) is 12.7. The summed E-state index contributed by atoms with van der Waals surface area (Å²) in [7, 11) is 0. The van der Waals surface area contributed by atoms with Gasteiger partial charge in [0.15, 0.2) is 0 Å². The molecule has 0 bridgehead atoms. The Kier molecular flexibility index (Phi) is 6.20. The smallest absolute Gasteiger partial charge is 0.0263 e. The van der Waals surface area contributed by atoms with E-state index in [4.69, 9.17) is 0 Å². The maximum atomic E-state index is 3.80. The van der Waals surface area contributed by atoms with E-state index in [2.05, 4.69) is 49.5 Å². The number of hydrogen-bond donors (Lipinski definition) is 0. The van der Waals surface area contributed by atoms with Crippen LogP contribution in [0.25, 0.3) is 0 Å². The van der Waals surface area contributed by atoms with Crippen molar-refractivity contribution in [3.8, 4) is 0 Å². The minimum absolute atomic E-state index is 0.674. The Labute approximate surface area is 106 Å². The molecule has 1 atom stereocenters. The van der Waals surface area contributed by atoms with Crippen LogP contribution in [-0.2, 0) is 0 Å². The van der Waals surface area contributed by atoms with E-state index in [0.717, 1.165) is 0 Å². The number of likely N-dealkylation sites (tertiary alicyclic amines) is 1. The van der Waals surface area contributed by atoms with Gasteiger partial charge in [-0.25, -0.2) is 0 Å². The fraction of sp³-hybridized carbons (Fsp3) is 0.667. The fourth-order valence-corrected chi connectivity index (χ4v) is 2.58. The first-order valence-electron chi connectivity index (χ1n) is 6.71. The van der Waals surface area contributed by atoms with Crippen LogP contribution in [0.5, 0.6) is 0 Å². The van der Waals surface area contributed by atoms with Gasteiger partial charge in [-0.3, -0.25) is 4.99 Å². The predicted octanol–water partition coefficient (Wildman–Crippen LogP) is 3.66. The average molecular weight is 234 g/mol. The normalized spacial score (nSPS) is 24.2. The van der Waals surface area contributed by atoms with Gasteiger partial charge in [-0.15, -0.1) is 0 Å². The molecule has 0 N–H and O–H groups in total. The van der Waals surface area contributed by atoms with Gasteiger partial charge in [0.25, 0.3) is 0 Å². The predicted molar refractivity (Wildman–Crippen MR) is 76.5 cm³/mol. The van der Waals surface area contributed by atoms with E-state index in [0.29, 0.717) is 12.0 Å². The Morgan fingerprint density at radius 1 is 1.35 bits per heavy atom. The second-order valence-corrected chi connectivity index (χ2v) is 5.04. The third-order valence-corrected chi connectivity index (χ3v) is 3.67. The summed E-state index contributed by atoms with van der Waals surface area (Å²) in [6, 6.07) is 0.674. The van der Waals surface area contributed by atoms with Crippen LogP contribution in [0.4, 0.5) is 0 Å². The molecule has 96 valence electrons. The van der Waals surface area contributed by atoms with Crippen molar-refractivity contribution in [2.45, 2.75) is 46.1 Å². The van der Waals surface area contributed by atoms with Crippen LogP contribution in [0.3, 0.4) is 0 Å². The first kappa shape index (κ1) is 14.2. The largest absolute Gasteiger partial charge is 0.301 e. The molecule has 1 unspecified atom stereocenters. The van der Waals surface area contributed by atoms with Crippen molar-refractivity contribution < 1.29 is 0 Å². The number of rotatable bonds is 4. The van der Waals surface area contributed by atoms with E-state index in [1.54, 1.807) is 6.20 Å².